The second-order valence-corrected chi connectivity index (χ2v) is 3.75. The SMILES string of the molecule is CC1COC(C)(C)OC1CC=O. The molecule has 0 saturated carbocycles. The zero-order chi connectivity index (χ0) is 9.19. The summed E-state index contributed by atoms with van der Waals surface area (Å²) in [6.45, 7) is 6.45. The van der Waals surface area contributed by atoms with Crippen LogP contribution in [0.5, 0.6) is 0 Å². The van der Waals surface area contributed by atoms with Crippen molar-refractivity contribution in [1.29, 1.82) is 0 Å². The topological polar surface area (TPSA) is 35.5 Å². The van der Waals surface area contributed by atoms with E-state index in [2.05, 4.69) is 0 Å². The highest BCUT2D eigenvalue weighted by Gasteiger charge is 2.33. The monoisotopic (exact) mass is 172 g/mol. The van der Waals surface area contributed by atoms with Gasteiger partial charge in [0.2, 0.25) is 0 Å². The summed E-state index contributed by atoms with van der Waals surface area (Å²) in [5, 5.41) is 0. The smallest absolute Gasteiger partial charge is 0.163 e. The lowest BCUT2D eigenvalue weighted by molar-refractivity contribution is -0.289. The van der Waals surface area contributed by atoms with Crippen molar-refractivity contribution in [2.24, 2.45) is 5.92 Å². The fourth-order valence-electron chi connectivity index (χ4n) is 1.33. The van der Waals surface area contributed by atoms with Crippen molar-refractivity contribution in [1.82, 2.24) is 0 Å². The number of carbonyl (C=O) groups excluding carboxylic acids is 1. The van der Waals surface area contributed by atoms with E-state index >= 15 is 0 Å². The molecule has 0 radical (unpaired) electrons. The number of hydrogen-bond acceptors (Lipinski definition) is 3. The van der Waals surface area contributed by atoms with Gasteiger partial charge in [0.25, 0.3) is 0 Å². The van der Waals surface area contributed by atoms with Crippen LogP contribution in [0.15, 0.2) is 0 Å². The minimum atomic E-state index is -0.528. The minimum absolute atomic E-state index is 0.0197. The van der Waals surface area contributed by atoms with Gasteiger partial charge < -0.3 is 14.3 Å². The number of ether oxygens (including phenoxy) is 2. The van der Waals surface area contributed by atoms with E-state index in [1.165, 1.54) is 0 Å². The Kier molecular flexibility index (Phi) is 2.85. The molecule has 3 heteroatoms. The number of rotatable bonds is 2. The molecule has 0 aromatic carbocycles. The summed E-state index contributed by atoms with van der Waals surface area (Å²) in [6, 6.07) is 0. The van der Waals surface area contributed by atoms with Gasteiger partial charge >= 0.3 is 0 Å². The highest BCUT2D eigenvalue weighted by atomic mass is 16.7. The van der Waals surface area contributed by atoms with Gasteiger partial charge in [0, 0.05) is 12.3 Å². The van der Waals surface area contributed by atoms with E-state index in [0.717, 1.165) is 6.29 Å². The van der Waals surface area contributed by atoms with Gasteiger partial charge in [0.05, 0.1) is 12.7 Å². The fraction of sp³-hybridized carbons (Fsp3) is 0.889. The molecule has 0 aromatic heterocycles. The Labute approximate surface area is 73.0 Å². The van der Waals surface area contributed by atoms with Gasteiger partial charge in [-0.25, -0.2) is 0 Å². The van der Waals surface area contributed by atoms with Crippen molar-refractivity contribution in [3.63, 3.8) is 0 Å². The molecule has 0 aromatic rings. The third kappa shape index (κ3) is 2.29. The van der Waals surface area contributed by atoms with Crippen LogP contribution in [-0.2, 0) is 14.3 Å². The standard InChI is InChI=1S/C9H16O3/c1-7-6-11-9(2,3)12-8(7)4-5-10/h5,7-8H,4,6H2,1-3H3. The second-order valence-electron chi connectivity index (χ2n) is 3.75. The van der Waals surface area contributed by atoms with Crippen LogP contribution in [0.2, 0.25) is 0 Å². The van der Waals surface area contributed by atoms with Gasteiger partial charge in [0.1, 0.15) is 6.29 Å². The molecule has 1 rings (SSSR count). The molecule has 1 fully saturated rings. The van der Waals surface area contributed by atoms with Crippen LogP contribution in [0.1, 0.15) is 27.2 Å². The van der Waals surface area contributed by atoms with E-state index in [1.807, 2.05) is 20.8 Å². The van der Waals surface area contributed by atoms with Gasteiger partial charge in [0.15, 0.2) is 5.79 Å². The zero-order valence-electron chi connectivity index (χ0n) is 7.87. The van der Waals surface area contributed by atoms with E-state index in [1.54, 1.807) is 0 Å². The summed E-state index contributed by atoms with van der Waals surface area (Å²) in [5.41, 5.74) is 0. The number of carbonyl (C=O) groups is 1. The molecule has 0 spiro atoms. The molecule has 70 valence electrons. The molecule has 1 aliphatic heterocycles. The molecular weight excluding hydrogens is 156 g/mol. The molecule has 2 unspecified atom stereocenters. The number of hydrogen-bond donors (Lipinski definition) is 0. The van der Waals surface area contributed by atoms with Crippen molar-refractivity contribution < 1.29 is 14.3 Å². The first-order chi connectivity index (χ1) is 5.55. The molecule has 2 atom stereocenters. The van der Waals surface area contributed by atoms with Gasteiger partial charge in [-0.05, 0) is 13.8 Å². The molecule has 12 heavy (non-hydrogen) atoms. The van der Waals surface area contributed by atoms with Crippen LogP contribution < -0.4 is 0 Å². The summed E-state index contributed by atoms with van der Waals surface area (Å²) in [4.78, 5) is 10.3. The Balaban J connectivity index is 2.53. The first-order valence-electron chi connectivity index (χ1n) is 4.30. The van der Waals surface area contributed by atoms with E-state index in [-0.39, 0.29) is 6.10 Å². The predicted molar refractivity (Wildman–Crippen MR) is 44.7 cm³/mol. The van der Waals surface area contributed by atoms with Crippen LogP contribution in [-0.4, -0.2) is 24.8 Å². The molecule has 0 bridgehead atoms. The quantitative estimate of drug-likeness (QED) is 0.590. The van der Waals surface area contributed by atoms with Crippen LogP contribution in [0.4, 0.5) is 0 Å². The summed E-state index contributed by atoms with van der Waals surface area (Å²) >= 11 is 0. The maximum absolute atomic E-state index is 10.3. The molecule has 1 saturated heterocycles. The van der Waals surface area contributed by atoms with Crippen LogP contribution in [0.3, 0.4) is 0 Å². The van der Waals surface area contributed by atoms with Crippen molar-refractivity contribution in [2.45, 2.75) is 39.1 Å². The Morgan fingerprint density at radius 1 is 1.58 bits per heavy atom. The van der Waals surface area contributed by atoms with Crippen molar-refractivity contribution in [3.05, 3.63) is 0 Å². The highest BCUT2D eigenvalue weighted by Crippen LogP contribution is 2.26. The van der Waals surface area contributed by atoms with E-state index in [4.69, 9.17) is 9.47 Å². The van der Waals surface area contributed by atoms with Gasteiger partial charge in [-0.2, -0.15) is 0 Å². The average molecular weight is 172 g/mol. The lowest BCUT2D eigenvalue weighted by atomic mass is 10.0. The van der Waals surface area contributed by atoms with E-state index < -0.39 is 5.79 Å². The first kappa shape index (κ1) is 9.68. The maximum atomic E-state index is 10.3. The predicted octanol–water partition coefficient (Wildman–Crippen LogP) is 1.36. The summed E-state index contributed by atoms with van der Waals surface area (Å²) < 4.78 is 11.0. The Bertz CT molecular complexity index is 165. The fourth-order valence-corrected chi connectivity index (χ4v) is 1.33. The molecule has 0 amide bonds. The summed E-state index contributed by atoms with van der Waals surface area (Å²) in [6.07, 6.45) is 1.39. The van der Waals surface area contributed by atoms with Crippen molar-refractivity contribution in [2.75, 3.05) is 6.61 Å². The largest absolute Gasteiger partial charge is 0.350 e. The first-order valence-corrected chi connectivity index (χ1v) is 4.30. The zero-order valence-corrected chi connectivity index (χ0v) is 7.87. The summed E-state index contributed by atoms with van der Waals surface area (Å²) in [7, 11) is 0. The molecule has 3 nitrogen and oxygen atoms in total. The molecule has 1 heterocycles. The number of aldehydes is 1. The Morgan fingerprint density at radius 3 is 2.83 bits per heavy atom. The maximum Gasteiger partial charge on any atom is 0.163 e. The molecule has 1 aliphatic rings. The second kappa shape index (κ2) is 3.54. The Hall–Kier alpha value is -0.410. The van der Waals surface area contributed by atoms with Crippen molar-refractivity contribution in [3.8, 4) is 0 Å². The van der Waals surface area contributed by atoms with E-state index in [0.29, 0.717) is 18.9 Å². The third-order valence-corrected chi connectivity index (χ3v) is 2.09. The van der Waals surface area contributed by atoms with Crippen molar-refractivity contribution >= 4 is 6.29 Å². The average Bonchev–Trinajstić information content (AvgIpc) is 1.97. The minimum Gasteiger partial charge on any atom is -0.350 e. The van der Waals surface area contributed by atoms with Crippen LogP contribution in [0, 0.1) is 5.92 Å². The summed E-state index contributed by atoms with van der Waals surface area (Å²) in [5.74, 6) is -0.219. The molecular formula is C9H16O3. The highest BCUT2D eigenvalue weighted by molar-refractivity contribution is 5.50. The van der Waals surface area contributed by atoms with Crippen LogP contribution in [0.25, 0.3) is 0 Å². The normalized spacial score (nSPS) is 34.6. The van der Waals surface area contributed by atoms with Gasteiger partial charge in [-0.1, -0.05) is 6.92 Å². The lowest BCUT2D eigenvalue weighted by Crippen LogP contribution is -2.44. The van der Waals surface area contributed by atoms with Gasteiger partial charge in [-0.3, -0.25) is 0 Å². The lowest BCUT2D eigenvalue weighted by Gasteiger charge is -2.39. The van der Waals surface area contributed by atoms with E-state index in [9.17, 15) is 4.79 Å². The molecule has 0 aliphatic carbocycles. The molecule has 0 N–H and O–H groups in total. The third-order valence-electron chi connectivity index (χ3n) is 2.09. The van der Waals surface area contributed by atoms with Crippen LogP contribution >= 0.6 is 0 Å². The van der Waals surface area contributed by atoms with Gasteiger partial charge in [-0.15, -0.1) is 0 Å². The Morgan fingerprint density at radius 2 is 2.25 bits per heavy atom.